The Bertz CT molecular complexity index is 518. The lowest BCUT2D eigenvalue weighted by atomic mass is 10.0. The molecule has 3 heterocycles. The van der Waals surface area contributed by atoms with Crippen molar-refractivity contribution in [3.05, 3.63) is 24.5 Å². The van der Waals surface area contributed by atoms with E-state index in [-0.39, 0.29) is 6.04 Å². The summed E-state index contributed by atoms with van der Waals surface area (Å²) in [6.07, 6.45) is 4.88. The number of hydrogen-bond donors (Lipinski definition) is 1. The van der Waals surface area contributed by atoms with Gasteiger partial charge in [-0.3, -0.25) is 0 Å². The lowest BCUT2D eigenvalue weighted by molar-refractivity contribution is 0.488. The van der Waals surface area contributed by atoms with Gasteiger partial charge in [-0.2, -0.15) is 5.10 Å². The summed E-state index contributed by atoms with van der Waals surface area (Å²) in [7, 11) is 0. The molecule has 0 amide bonds. The Labute approximate surface area is 100 Å². The van der Waals surface area contributed by atoms with Crippen molar-refractivity contribution in [1.82, 2.24) is 14.6 Å². The molecule has 5 nitrogen and oxygen atoms in total. The second-order valence-corrected chi connectivity index (χ2v) is 4.77. The Hall–Kier alpha value is -1.62. The van der Waals surface area contributed by atoms with Crippen molar-refractivity contribution in [3.8, 4) is 0 Å². The molecule has 1 aliphatic rings. The summed E-state index contributed by atoms with van der Waals surface area (Å²) in [5, 5.41) is 4.15. The zero-order chi connectivity index (χ0) is 11.8. The smallest absolute Gasteiger partial charge is 0.157 e. The van der Waals surface area contributed by atoms with E-state index in [9.17, 15) is 0 Å². The van der Waals surface area contributed by atoms with Gasteiger partial charge in [0.15, 0.2) is 5.65 Å². The third-order valence-corrected chi connectivity index (χ3v) is 3.54. The van der Waals surface area contributed by atoms with Crippen LogP contribution in [0.25, 0.3) is 5.65 Å². The minimum Gasteiger partial charge on any atom is -0.356 e. The Morgan fingerprint density at radius 1 is 1.47 bits per heavy atom. The normalized spacial score (nSPS) is 22.2. The van der Waals surface area contributed by atoms with Crippen LogP contribution in [0.5, 0.6) is 0 Å². The average molecular weight is 231 g/mol. The van der Waals surface area contributed by atoms with E-state index in [2.05, 4.69) is 21.9 Å². The summed E-state index contributed by atoms with van der Waals surface area (Å²) in [5.41, 5.74) is 6.85. The molecule has 1 fully saturated rings. The van der Waals surface area contributed by atoms with Gasteiger partial charge in [0.1, 0.15) is 5.82 Å². The molecule has 1 saturated heterocycles. The molecule has 0 aliphatic carbocycles. The van der Waals surface area contributed by atoms with E-state index in [0.717, 1.165) is 31.0 Å². The Morgan fingerprint density at radius 3 is 3.12 bits per heavy atom. The van der Waals surface area contributed by atoms with Crippen molar-refractivity contribution in [1.29, 1.82) is 0 Å². The Morgan fingerprint density at radius 2 is 2.35 bits per heavy atom. The fourth-order valence-electron chi connectivity index (χ4n) is 2.40. The molecule has 17 heavy (non-hydrogen) atoms. The van der Waals surface area contributed by atoms with E-state index in [4.69, 9.17) is 5.73 Å². The fourth-order valence-corrected chi connectivity index (χ4v) is 2.40. The van der Waals surface area contributed by atoms with E-state index in [1.165, 1.54) is 0 Å². The van der Waals surface area contributed by atoms with Crippen LogP contribution in [0.1, 0.15) is 13.3 Å². The van der Waals surface area contributed by atoms with Crippen LogP contribution in [0.2, 0.25) is 0 Å². The van der Waals surface area contributed by atoms with E-state index in [1.807, 2.05) is 18.3 Å². The molecule has 2 N–H and O–H groups in total. The molecular formula is C12H17N5. The highest BCUT2D eigenvalue weighted by Crippen LogP contribution is 2.23. The third kappa shape index (κ3) is 1.86. The fraction of sp³-hybridized carbons (Fsp3) is 0.500. The highest BCUT2D eigenvalue weighted by molar-refractivity contribution is 5.47. The summed E-state index contributed by atoms with van der Waals surface area (Å²) in [5.74, 6) is 1.61. The molecule has 2 aromatic rings. The third-order valence-electron chi connectivity index (χ3n) is 3.54. The van der Waals surface area contributed by atoms with Crippen LogP contribution in [0.3, 0.4) is 0 Å². The minimum atomic E-state index is 0.263. The number of anilines is 1. The highest BCUT2D eigenvalue weighted by Gasteiger charge is 2.26. The predicted octanol–water partition coefficient (Wildman–Crippen LogP) is 0.903. The van der Waals surface area contributed by atoms with Gasteiger partial charge in [-0.15, -0.1) is 0 Å². The summed E-state index contributed by atoms with van der Waals surface area (Å²) < 4.78 is 1.78. The maximum Gasteiger partial charge on any atom is 0.157 e. The quantitative estimate of drug-likeness (QED) is 0.834. The van der Waals surface area contributed by atoms with Crippen LogP contribution in [-0.2, 0) is 0 Å². The van der Waals surface area contributed by atoms with Gasteiger partial charge in [-0.05, 0) is 25.3 Å². The lowest BCUT2D eigenvalue weighted by Gasteiger charge is -2.18. The number of nitrogens with zero attached hydrogens (tertiary/aromatic N) is 4. The molecule has 1 aliphatic heterocycles. The molecular weight excluding hydrogens is 214 g/mol. The van der Waals surface area contributed by atoms with Crippen molar-refractivity contribution < 1.29 is 0 Å². The molecule has 0 radical (unpaired) electrons. The predicted molar refractivity (Wildman–Crippen MR) is 67.0 cm³/mol. The van der Waals surface area contributed by atoms with Gasteiger partial charge in [0.2, 0.25) is 0 Å². The molecule has 2 aromatic heterocycles. The maximum atomic E-state index is 5.95. The second kappa shape index (κ2) is 4.00. The van der Waals surface area contributed by atoms with Gasteiger partial charge in [0, 0.05) is 31.4 Å². The standard InChI is InChI=1S/C12H17N5/c1-9(13)10-3-6-16(8-10)11-4-7-17-12(15-11)2-5-14-17/h2,4-5,7,9-10H,3,6,8,13H2,1H3. The van der Waals surface area contributed by atoms with Crippen molar-refractivity contribution in [2.24, 2.45) is 11.7 Å². The molecule has 2 unspecified atom stereocenters. The van der Waals surface area contributed by atoms with Crippen molar-refractivity contribution >= 4 is 11.5 Å². The number of aromatic nitrogens is 3. The first kappa shape index (κ1) is 10.5. The molecule has 0 bridgehead atoms. The van der Waals surface area contributed by atoms with Gasteiger partial charge in [-0.25, -0.2) is 9.50 Å². The lowest BCUT2D eigenvalue weighted by Crippen LogP contribution is -2.30. The van der Waals surface area contributed by atoms with E-state index >= 15 is 0 Å². The first-order valence-corrected chi connectivity index (χ1v) is 6.05. The van der Waals surface area contributed by atoms with Crippen LogP contribution in [0.4, 0.5) is 5.82 Å². The summed E-state index contributed by atoms with van der Waals surface area (Å²) >= 11 is 0. The number of hydrogen-bond acceptors (Lipinski definition) is 4. The number of nitrogens with two attached hydrogens (primary N) is 1. The van der Waals surface area contributed by atoms with Crippen LogP contribution in [0.15, 0.2) is 24.5 Å². The molecule has 3 rings (SSSR count). The first-order chi connectivity index (χ1) is 8.24. The SMILES string of the molecule is CC(N)C1CCN(c2ccn3nccc3n2)C1. The van der Waals surface area contributed by atoms with E-state index < -0.39 is 0 Å². The van der Waals surface area contributed by atoms with Gasteiger partial charge in [0.25, 0.3) is 0 Å². The zero-order valence-electron chi connectivity index (χ0n) is 9.95. The van der Waals surface area contributed by atoms with Gasteiger partial charge in [-0.1, -0.05) is 0 Å². The molecule has 90 valence electrons. The number of fused-ring (bicyclic) bond motifs is 1. The zero-order valence-corrected chi connectivity index (χ0v) is 9.95. The van der Waals surface area contributed by atoms with E-state index in [1.54, 1.807) is 10.7 Å². The molecule has 5 heteroatoms. The summed E-state index contributed by atoms with van der Waals surface area (Å²) in [4.78, 5) is 6.90. The Balaban J connectivity index is 1.84. The van der Waals surface area contributed by atoms with Crippen molar-refractivity contribution in [2.75, 3.05) is 18.0 Å². The van der Waals surface area contributed by atoms with Crippen LogP contribution < -0.4 is 10.6 Å². The number of rotatable bonds is 2. The first-order valence-electron chi connectivity index (χ1n) is 6.05. The molecule has 0 aromatic carbocycles. The minimum absolute atomic E-state index is 0.263. The van der Waals surface area contributed by atoms with E-state index in [0.29, 0.717) is 5.92 Å². The summed E-state index contributed by atoms with van der Waals surface area (Å²) in [6.45, 7) is 4.14. The van der Waals surface area contributed by atoms with Crippen LogP contribution in [0, 0.1) is 5.92 Å². The molecule has 0 saturated carbocycles. The Kier molecular flexibility index (Phi) is 2.48. The van der Waals surface area contributed by atoms with Crippen molar-refractivity contribution in [2.45, 2.75) is 19.4 Å². The summed E-state index contributed by atoms with van der Waals surface area (Å²) in [6, 6.07) is 4.20. The monoisotopic (exact) mass is 231 g/mol. The molecule has 2 atom stereocenters. The van der Waals surface area contributed by atoms with Crippen molar-refractivity contribution in [3.63, 3.8) is 0 Å². The highest BCUT2D eigenvalue weighted by atomic mass is 15.3. The average Bonchev–Trinajstić information content (AvgIpc) is 2.97. The van der Waals surface area contributed by atoms with Gasteiger partial charge >= 0.3 is 0 Å². The van der Waals surface area contributed by atoms with Gasteiger partial charge < -0.3 is 10.6 Å². The van der Waals surface area contributed by atoms with Crippen LogP contribution >= 0.6 is 0 Å². The van der Waals surface area contributed by atoms with Gasteiger partial charge in [0.05, 0.1) is 6.20 Å². The largest absolute Gasteiger partial charge is 0.356 e. The molecule has 0 spiro atoms. The second-order valence-electron chi connectivity index (χ2n) is 4.77. The maximum absolute atomic E-state index is 5.95. The topological polar surface area (TPSA) is 59.5 Å². The van der Waals surface area contributed by atoms with Crippen LogP contribution in [-0.4, -0.2) is 33.7 Å².